The molecule has 140 valence electrons. The summed E-state index contributed by atoms with van der Waals surface area (Å²) in [4.78, 5) is 30.4. The molecule has 0 saturated carbocycles. The summed E-state index contributed by atoms with van der Waals surface area (Å²) in [7, 11) is 1.71. The summed E-state index contributed by atoms with van der Waals surface area (Å²) in [6.07, 6.45) is 0.319. The second-order valence-corrected chi connectivity index (χ2v) is 7.14. The number of benzene rings is 1. The van der Waals surface area contributed by atoms with E-state index in [4.69, 9.17) is 28.5 Å². The van der Waals surface area contributed by atoms with E-state index in [9.17, 15) is 9.59 Å². The maximum absolute atomic E-state index is 12.6. The molecule has 2 amide bonds. The molecule has 6 nitrogen and oxygen atoms in total. The minimum absolute atomic E-state index is 0.0132. The van der Waals surface area contributed by atoms with Crippen LogP contribution < -0.4 is 0 Å². The van der Waals surface area contributed by atoms with Gasteiger partial charge in [-0.2, -0.15) is 5.26 Å². The Balaban J connectivity index is 1.93. The Bertz CT molecular complexity index is 712. The molecule has 2 rings (SSSR count). The third-order valence-corrected chi connectivity index (χ3v) is 5.15. The predicted molar refractivity (Wildman–Crippen MR) is 101 cm³/mol. The highest BCUT2D eigenvalue weighted by Crippen LogP contribution is 2.23. The van der Waals surface area contributed by atoms with Gasteiger partial charge in [-0.25, -0.2) is 0 Å². The summed E-state index contributed by atoms with van der Waals surface area (Å²) >= 11 is 12.0. The lowest BCUT2D eigenvalue weighted by Crippen LogP contribution is -2.55. The molecule has 1 atom stereocenters. The molecule has 8 heteroatoms. The zero-order valence-corrected chi connectivity index (χ0v) is 16.4. The second kappa shape index (κ2) is 9.22. The van der Waals surface area contributed by atoms with Crippen molar-refractivity contribution in [3.8, 4) is 6.07 Å². The van der Waals surface area contributed by atoms with Crippen LogP contribution in [0.4, 0.5) is 0 Å². The molecule has 26 heavy (non-hydrogen) atoms. The first-order chi connectivity index (χ1) is 12.3. The number of hydrogen-bond donors (Lipinski definition) is 0. The molecule has 0 aromatic heterocycles. The van der Waals surface area contributed by atoms with Crippen molar-refractivity contribution in [2.75, 3.05) is 39.8 Å². The lowest BCUT2D eigenvalue weighted by Gasteiger charge is -2.38. The van der Waals surface area contributed by atoms with Crippen molar-refractivity contribution in [3.05, 3.63) is 33.8 Å². The van der Waals surface area contributed by atoms with Crippen LogP contribution in [0.5, 0.6) is 0 Å². The standard InChI is InChI=1S/C18H22Cl2N4O2/c1-13(17(25)22(2)7-3-6-21)23-8-10-24(11-9-23)18(26)15-5-4-14(19)12-16(15)20/h4-5,12-13H,3,7-11H2,1-2H3. The van der Waals surface area contributed by atoms with Crippen molar-refractivity contribution < 1.29 is 9.59 Å². The summed E-state index contributed by atoms with van der Waals surface area (Å²) in [5, 5.41) is 9.47. The maximum atomic E-state index is 12.6. The van der Waals surface area contributed by atoms with Gasteiger partial charge in [-0.05, 0) is 25.1 Å². The van der Waals surface area contributed by atoms with E-state index in [2.05, 4.69) is 4.90 Å². The second-order valence-electron chi connectivity index (χ2n) is 6.30. The molecule has 1 fully saturated rings. The summed E-state index contributed by atoms with van der Waals surface area (Å²) < 4.78 is 0. The molecule has 0 radical (unpaired) electrons. The molecule has 0 N–H and O–H groups in total. The van der Waals surface area contributed by atoms with Gasteiger partial charge in [-0.15, -0.1) is 0 Å². The van der Waals surface area contributed by atoms with E-state index < -0.39 is 0 Å². The average molecular weight is 397 g/mol. The molecule has 1 aliphatic rings. The number of rotatable bonds is 5. The molecule has 1 saturated heterocycles. The molecule has 0 spiro atoms. The topological polar surface area (TPSA) is 67.7 Å². The SMILES string of the molecule is CC(C(=O)N(C)CCC#N)N1CCN(C(=O)c2ccc(Cl)cc2Cl)CC1. The average Bonchev–Trinajstić information content (AvgIpc) is 2.64. The molecule has 0 aliphatic carbocycles. The number of amides is 2. The third kappa shape index (κ3) is 4.88. The van der Waals surface area contributed by atoms with Gasteiger partial charge in [0, 0.05) is 44.8 Å². The number of halogens is 2. The first-order valence-electron chi connectivity index (χ1n) is 8.45. The van der Waals surface area contributed by atoms with Crippen LogP contribution in [-0.4, -0.2) is 72.3 Å². The Kier molecular flexibility index (Phi) is 7.27. The molecule has 0 bridgehead atoms. The van der Waals surface area contributed by atoms with Gasteiger partial charge in [0.05, 0.1) is 29.1 Å². The van der Waals surface area contributed by atoms with Crippen LogP contribution >= 0.6 is 23.2 Å². The lowest BCUT2D eigenvalue weighted by molar-refractivity contribution is -0.135. The summed E-state index contributed by atoms with van der Waals surface area (Å²) in [6, 6.07) is 6.60. The lowest BCUT2D eigenvalue weighted by atomic mass is 10.1. The van der Waals surface area contributed by atoms with Crippen molar-refractivity contribution in [2.45, 2.75) is 19.4 Å². The zero-order chi connectivity index (χ0) is 19.3. The number of nitriles is 1. The Hall–Kier alpha value is -1.81. The van der Waals surface area contributed by atoms with E-state index in [0.29, 0.717) is 54.8 Å². The fraction of sp³-hybridized carbons (Fsp3) is 0.500. The Labute approximate surface area is 163 Å². The van der Waals surface area contributed by atoms with Gasteiger partial charge in [0.25, 0.3) is 5.91 Å². The predicted octanol–water partition coefficient (Wildman–Crippen LogP) is 2.51. The van der Waals surface area contributed by atoms with Gasteiger partial charge >= 0.3 is 0 Å². The number of carbonyl (C=O) groups excluding carboxylic acids is 2. The van der Waals surface area contributed by atoms with Crippen molar-refractivity contribution in [1.29, 1.82) is 5.26 Å². The highest BCUT2D eigenvalue weighted by molar-refractivity contribution is 6.36. The Morgan fingerprint density at radius 2 is 1.92 bits per heavy atom. The van der Waals surface area contributed by atoms with Crippen LogP contribution in [-0.2, 0) is 4.79 Å². The van der Waals surface area contributed by atoms with Crippen molar-refractivity contribution in [2.24, 2.45) is 0 Å². The van der Waals surface area contributed by atoms with E-state index in [1.54, 1.807) is 35.0 Å². The third-order valence-electron chi connectivity index (χ3n) is 4.60. The Morgan fingerprint density at radius 1 is 1.27 bits per heavy atom. The van der Waals surface area contributed by atoms with Gasteiger partial charge in [-0.3, -0.25) is 14.5 Å². The van der Waals surface area contributed by atoms with Crippen LogP contribution in [0, 0.1) is 11.3 Å². The van der Waals surface area contributed by atoms with Crippen LogP contribution in [0.2, 0.25) is 10.0 Å². The molecule has 1 unspecified atom stereocenters. The van der Waals surface area contributed by atoms with Gasteiger partial charge in [0.1, 0.15) is 0 Å². The summed E-state index contributed by atoms with van der Waals surface area (Å²) in [5.41, 5.74) is 0.435. The highest BCUT2D eigenvalue weighted by atomic mass is 35.5. The van der Waals surface area contributed by atoms with Gasteiger partial charge < -0.3 is 9.80 Å². The van der Waals surface area contributed by atoms with Crippen molar-refractivity contribution >= 4 is 35.0 Å². The van der Waals surface area contributed by atoms with Crippen LogP contribution in [0.1, 0.15) is 23.7 Å². The number of carbonyl (C=O) groups is 2. The number of piperazine rings is 1. The van der Waals surface area contributed by atoms with E-state index in [0.717, 1.165) is 0 Å². The van der Waals surface area contributed by atoms with E-state index >= 15 is 0 Å². The fourth-order valence-corrected chi connectivity index (χ4v) is 3.44. The normalized spacial score (nSPS) is 16.0. The Morgan fingerprint density at radius 3 is 2.50 bits per heavy atom. The first-order valence-corrected chi connectivity index (χ1v) is 9.21. The first kappa shape index (κ1) is 20.5. The maximum Gasteiger partial charge on any atom is 0.255 e. The summed E-state index contributed by atoms with van der Waals surface area (Å²) in [6.45, 7) is 4.55. The number of nitrogens with zero attached hydrogens (tertiary/aromatic N) is 4. The van der Waals surface area contributed by atoms with Gasteiger partial charge in [0.15, 0.2) is 0 Å². The monoisotopic (exact) mass is 396 g/mol. The molecule has 1 heterocycles. The van der Waals surface area contributed by atoms with E-state index in [1.165, 1.54) is 0 Å². The van der Waals surface area contributed by atoms with E-state index in [-0.39, 0.29) is 17.9 Å². The quantitative estimate of drug-likeness (QED) is 0.766. The summed E-state index contributed by atoms with van der Waals surface area (Å²) in [5.74, 6) is -0.141. The van der Waals surface area contributed by atoms with Gasteiger partial charge in [-0.1, -0.05) is 23.2 Å². The highest BCUT2D eigenvalue weighted by Gasteiger charge is 2.29. The molecule has 1 aliphatic heterocycles. The minimum atomic E-state index is -0.282. The minimum Gasteiger partial charge on any atom is -0.343 e. The molecule has 1 aromatic carbocycles. The fourth-order valence-electron chi connectivity index (χ4n) is 2.95. The zero-order valence-electron chi connectivity index (χ0n) is 14.9. The molecular formula is C18H22Cl2N4O2. The largest absolute Gasteiger partial charge is 0.343 e. The van der Waals surface area contributed by atoms with Crippen molar-refractivity contribution in [1.82, 2.24) is 14.7 Å². The van der Waals surface area contributed by atoms with Crippen molar-refractivity contribution in [3.63, 3.8) is 0 Å². The molecule has 1 aromatic rings. The smallest absolute Gasteiger partial charge is 0.255 e. The van der Waals surface area contributed by atoms with Crippen LogP contribution in [0.25, 0.3) is 0 Å². The number of hydrogen-bond acceptors (Lipinski definition) is 4. The number of likely N-dealkylation sites (N-methyl/N-ethyl adjacent to an activating group) is 1. The molecular weight excluding hydrogens is 375 g/mol. The van der Waals surface area contributed by atoms with Gasteiger partial charge in [0.2, 0.25) is 5.91 Å². The van der Waals surface area contributed by atoms with Crippen LogP contribution in [0.15, 0.2) is 18.2 Å². The van der Waals surface area contributed by atoms with E-state index in [1.807, 2.05) is 13.0 Å². The van der Waals surface area contributed by atoms with Crippen LogP contribution in [0.3, 0.4) is 0 Å².